The summed E-state index contributed by atoms with van der Waals surface area (Å²) >= 11 is 0. The van der Waals surface area contributed by atoms with Crippen LogP contribution in [0.3, 0.4) is 0 Å². The van der Waals surface area contributed by atoms with Crippen LogP contribution in [0.5, 0.6) is 11.5 Å². The Bertz CT molecular complexity index is 1330. The van der Waals surface area contributed by atoms with E-state index in [-0.39, 0.29) is 25.6 Å². The van der Waals surface area contributed by atoms with Gasteiger partial charge in [-0.25, -0.2) is 9.59 Å². The van der Waals surface area contributed by atoms with E-state index in [1.807, 2.05) is 78.9 Å². The first-order valence-electron chi connectivity index (χ1n) is 15.0. The van der Waals surface area contributed by atoms with E-state index in [2.05, 4.69) is 10.6 Å². The van der Waals surface area contributed by atoms with Gasteiger partial charge in [0.15, 0.2) is 0 Å². The van der Waals surface area contributed by atoms with Crippen LogP contribution in [0.4, 0.5) is 9.59 Å². The Kier molecular flexibility index (Phi) is 13.5. The molecule has 0 fully saturated rings. The predicted molar refractivity (Wildman–Crippen MR) is 172 cm³/mol. The predicted octanol–water partition coefficient (Wildman–Crippen LogP) is 6.22. The minimum Gasteiger partial charge on any atom is -0.497 e. The average Bonchev–Trinajstić information content (AvgIpc) is 3.02. The number of nitrogens with one attached hydrogen (secondary N) is 2. The van der Waals surface area contributed by atoms with Gasteiger partial charge < -0.3 is 34.5 Å². The number of carbonyl (C=O) groups is 3. The summed E-state index contributed by atoms with van der Waals surface area (Å²) in [4.78, 5) is 40.8. The third-order valence-electron chi connectivity index (χ3n) is 6.72. The molecular weight excluding hydrogens is 574 g/mol. The van der Waals surface area contributed by atoms with E-state index in [9.17, 15) is 14.4 Å². The van der Waals surface area contributed by atoms with Crippen molar-refractivity contribution in [2.75, 3.05) is 20.8 Å². The van der Waals surface area contributed by atoms with Gasteiger partial charge in [0.1, 0.15) is 29.7 Å². The lowest BCUT2D eigenvalue weighted by Crippen LogP contribution is -2.49. The largest absolute Gasteiger partial charge is 0.497 e. The molecule has 3 amide bonds. The Morgan fingerprint density at radius 2 is 1.33 bits per heavy atom. The van der Waals surface area contributed by atoms with Crippen molar-refractivity contribution in [3.05, 3.63) is 95.6 Å². The lowest BCUT2D eigenvalue weighted by molar-refractivity contribution is -0.135. The highest BCUT2D eigenvalue weighted by Gasteiger charge is 2.28. The van der Waals surface area contributed by atoms with Crippen LogP contribution in [0, 0.1) is 0 Å². The molecule has 0 spiro atoms. The lowest BCUT2D eigenvalue weighted by atomic mass is 10.1. The van der Waals surface area contributed by atoms with E-state index in [4.69, 9.17) is 18.9 Å². The second kappa shape index (κ2) is 17.5. The number of methoxy groups -OCH3 is 2. The van der Waals surface area contributed by atoms with E-state index in [0.717, 1.165) is 16.7 Å². The zero-order valence-electron chi connectivity index (χ0n) is 26.8. The number of hydrogen-bond donors (Lipinski definition) is 2. The maximum absolute atomic E-state index is 14.2. The van der Waals surface area contributed by atoms with E-state index in [0.29, 0.717) is 37.3 Å². The number of carbonyl (C=O) groups excluding carboxylic acids is 3. The van der Waals surface area contributed by atoms with E-state index in [1.165, 1.54) is 0 Å². The number of alkyl carbamates (subject to hydrolysis) is 2. The Hall–Kier alpha value is -4.73. The molecule has 3 rings (SSSR count). The molecule has 3 aromatic carbocycles. The average molecular weight is 620 g/mol. The number of rotatable bonds is 15. The second-order valence-corrected chi connectivity index (χ2v) is 11.6. The smallest absolute Gasteiger partial charge is 0.408 e. The monoisotopic (exact) mass is 619 g/mol. The fraction of sp³-hybridized carbons (Fsp3) is 0.400. The molecule has 0 aromatic heterocycles. The van der Waals surface area contributed by atoms with Gasteiger partial charge >= 0.3 is 12.2 Å². The van der Waals surface area contributed by atoms with Crippen LogP contribution in [0.15, 0.2) is 78.9 Å². The first-order valence-corrected chi connectivity index (χ1v) is 15.0. The normalized spacial score (nSPS) is 11.6. The first kappa shape index (κ1) is 34.8. The van der Waals surface area contributed by atoms with Crippen LogP contribution in [0.25, 0.3) is 0 Å². The van der Waals surface area contributed by atoms with Crippen molar-refractivity contribution in [2.45, 2.75) is 71.4 Å². The molecule has 2 N–H and O–H groups in total. The third kappa shape index (κ3) is 12.8. The standard InChI is InChI=1S/C35H45N3O7/c1-35(2,3)45-34(41)37-31(19-9-10-20-36-33(40)44-25-26-13-7-6-8-14-26)32(39)38(23-27-15-11-17-29(21-27)42-4)24-28-16-12-18-30(22-28)43-5/h6-8,11-18,21-22,31H,9-10,19-20,23-25H2,1-5H3,(H,36,40)(H,37,41). The summed E-state index contributed by atoms with van der Waals surface area (Å²) in [5.74, 6) is 1.10. The maximum atomic E-state index is 14.2. The molecule has 1 atom stereocenters. The van der Waals surface area contributed by atoms with Gasteiger partial charge in [-0.05, 0) is 81.0 Å². The number of benzene rings is 3. The summed E-state index contributed by atoms with van der Waals surface area (Å²) in [7, 11) is 3.19. The molecular formula is C35H45N3O7. The van der Waals surface area contributed by atoms with E-state index >= 15 is 0 Å². The zero-order valence-corrected chi connectivity index (χ0v) is 26.8. The fourth-order valence-corrected chi connectivity index (χ4v) is 4.56. The van der Waals surface area contributed by atoms with Crippen molar-refractivity contribution in [1.82, 2.24) is 15.5 Å². The molecule has 45 heavy (non-hydrogen) atoms. The molecule has 10 nitrogen and oxygen atoms in total. The molecule has 0 radical (unpaired) electrons. The highest BCUT2D eigenvalue weighted by Crippen LogP contribution is 2.20. The van der Waals surface area contributed by atoms with Crippen LogP contribution in [-0.2, 0) is 34.0 Å². The molecule has 242 valence electrons. The molecule has 0 bridgehead atoms. The molecule has 0 aliphatic rings. The number of amides is 3. The molecule has 10 heteroatoms. The molecule has 0 heterocycles. The van der Waals surface area contributed by atoms with Crippen LogP contribution in [-0.4, -0.2) is 55.4 Å². The topological polar surface area (TPSA) is 115 Å². The Labute approximate surface area is 266 Å². The second-order valence-electron chi connectivity index (χ2n) is 11.6. The zero-order chi connectivity index (χ0) is 32.7. The first-order chi connectivity index (χ1) is 21.6. The molecule has 0 aliphatic heterocycles. The third-order valence-corrected chi connectivity index (χ3v) is 6.72. The Morgan fingerprint density at radius 3 is 1.89 bits per heavy atom. The summed E-state index contributed by atoms with van der Waals surface area (Å²) in [5, 5.41) is 5.54. The number of nitrogens with zero attached hydrogens (tertiary/aromatic N) is 1. The summed E-state index contributed by atoms with van der Waals surface area (Å²) in [6.45, 7) is 6.42. The summed E-state index contributed by atoms with van der Waals surface area (Å²) < 4.78 is 21.5. The Morgan fingerprint density at radius 1 is 0.756 bits per heavy atom. The van der Waals surface area contributed by atoms with E-state index < -0.39 is 23.8 Å². The van der Waals surface area contributed by atoms with Crippen molar-refractivity contribution in [3.63, 3.8) is 0 Å². The minimum atomic E-state index is -0.860. The van der Waals surface area contributed by atoms with Crippen molar-refractivity contribution in [2.24, 2.45) is 0 Å². The quantitative estimate of drug-likeness (QED) is 0.194. The van der Waals surface area contributed by atoms with Crippen molar-refractivity contribution >= 4 is 18.1 Å². The van der Waals surface area contributed by atoms with Gasteiger partial charge in [0.05, 0.1) is 14.2 Å². The van der Waals surface area contributed by atoms with Gasteiger partial charge in [-0.1, -0.05) is 54.6 Å². The van der Waals surface area contributed by atoms with Crippen molar-refractivity contribution < 1.29 is 33.3 Å². The van der Waals surface area contributed by atoms with Crippen molar-refractivity contribution in [1.29, 1.82) is 0 Å². The van der Waals surface area contributed by atoms with Gasteiger partial charge in [0.25, 0.3) is 0 Å². The highest BCUT2D eigenvalue weighted by molar-refractivity contribution is 5.85. The van der Waals surface area contributed by atoms with Crippen LogP contribution < -0.4 is 20.1 Å². The van der Waals surface area contributed by atoms with Gasteiger partial charge in [0, 0.05) is 19.6 Å². The molecule has 0 aliphatic carbocycles. The Balaban J connectivity index is 1.70. The number of hydrogen-bond acceptors (Lipinski definition) is 7. The molecule has 1 unspecified atom stereocenters. The van der Waals surface area contributed by atoms with Crippen LogP contribution in [0.1, 0.15) is 56.7 Å². The van der Waals surface area contributed by atoms with Gasteiger partial charge in [-0.2, -0.15) is 0 Å². The highest BCUT2D eigenvalue weighted by atomic mass is 16.6. The van der Waals surface area contributed by atoms with Crippen LogP contribution >= 0.6 is 0 Å². The maximum Gasteiger partial charge on any atom is 0.408 e. The minimum absolute atomic E-state index is 0.180. The number of ether oxygens (including phenoxy) is 4. The van der Waals surface area contributed by atoms with Gasteiger partial charge in [0.2, 0.25) is 5.91 Å². The summed E-state index contributed by atoms with van der Waals surface area (Å²) in [6, 6.07) is 23.6. The van der Waals surface area contributed by atoms with Gasteiger partial charge in [-0.3, -0.25) is 4.79 Å². The van der Waals surface area contributed by atoms with Gasteiger partial charge in [-0.15, -0.1) is 0 Å². The summed E-state index contributed by atoms with van der Waals surface area (Å²) in [5.41, 5.74) is 1.91. The molecule has 0 saturated carbocycles. The van der Waals surface area contributed by atoms with Crippen molar-refractivity contribution in [3.8, 4) is 11.5 Å². The summed E-state index contributed by atoms with van der Waals surface area (Å²) in [6.07, 6.45) is 0.279. The lowest BCUT2D eigenvalue weighted by Gasteiger charge is -2.29. The van der Waals surface area contributed by atoms with E-state index in [1.54, 1.807) is 39.9 Å². The van der Waals surface area contributed by atoms with Crippen LogP contribution in [0.2, 0.25) is 0 Å². The SMILES string of the molecule is COc1cccc(CN(Cc2cccc(OC)c2)C(=O)C(CCCCNC(=O)OCc2ccccc2)NC(=O)OC(C)(C)C)c1. The fourth-order valence-electron chi connectivity index (χ4n) is 4.56. The molecule has 0 saturated heterocycles. The number of unbranched alkanes of at least 4 members (excludes halogenated alkanes) is 1. The molecule has 3 aromatic rings.